The number of piperidine rings is 1. The summed E-state index contributed by atoms with van der Waals surface area (Å²) in [6.45, 7) is 0.935. The van der Waals surface area contributed by atoms with Crippen LogP contribution >= 0.6 is 0 Å². The molecule has 8 nitrogen and oxygen atoms in total. The highest BCUT2D eigenvalue weighted by Crippen LogP contribution is 2.08. The van der Waals surface area contributed by atoms with Crippen LogP contribution in [-0.2, 0) is 9.53 Å². The maximum atomic E-state index is 11.8. The molecule has 1 aliphatic heterocycles. The Morgan fingerprint density at radius 3 is 2.50 bits per heavy atom. The van der Waals surface area contributed by atoms with Gasteiger partial charge in [-0.1, -0.05) is 0 Å². The number of carbonyl (C=O) groups excluding carboxylic acids is 2. The van der Waals surface area contributed by atoms with Gasteiger partial charge in [0.2, 0.25) is 0 Å². The average Bonchev–Trinajstić information content (AvgIpc) is 2.44. The predicted octanol–water partition coefficient (Wildman–Crippen LogP) is -0.767. The molecule has 0 aromatic carbocycles. The average molecular weight is 281 g/mol. The standard InChI is InChI=1S/C12H15N3O5/c16-9-6-8(13-12(19)14-9)11(18)20-7-10(17)15-4-2-1-3-5-15/h6H,1-5,7H2,(H2,13,14,16,19). The molecule has 8 heteroatoms. The highest BCUT2D eigenvalue weighted by Gasteiger charge is 2.18. The van der Waals surface area contributed by atoms with Gasteiger partial charge in [-0.05, 0) is 19.3 Å². The fourth-order valence-corrected chi connectivity index (χ4v) is 2.02. The Balaban J connectivity index is 1.93. The van der Waals surface area contributed by atoms with Crippen molar-refractivity contribution in [1.29, 1.82) is 0 Å². The minimum atomic E-state index is -0.904. The van der Waals surface area contributed by atoms with Gasteiger partial charge in [0.25, 0.3) is 11.5 Å². The maximum absolute atomic E-state index is 11.8. The molecular formula is C12H15N3O5. The van der Waals surface area contributed by atoms with Crippen LogP contribution in [0.4, 0.5) is 0 Å². The number of hydrogen-bond donors (Lipinski definition) is 2. The lowest BCUT2D eigenvalue weighted by molar-refractivity contribution is -0.135. The van der Waals surface area contributed by atoms with E-state index in [0.29, 0.717) is 13.1 Å². The summed E-state index contributed by atoms with van der Waals surface area (Å²) in [5.41, 5.74) is -1.78. The van der Waals surface area contributed by atoms with Crippen molar-refractivity contribution in [2.75, 3.05) is 19.7 Å². The number of amides is 1. The number of hydrogen-bond acceptors (Lipinski definition) is 5. The summed E-state index contributed by atoms with van der Waals surface area (Å²) < 4.78 is 4.80. The summed E-state index contributed by atoms with van der Waals surface area (Å²) in [6, 6.07) is 0.912. The van der Waals surface area contributed by atoms with E-state index < -0.39 is 23.8 Å². The summed E-state index contributed by atoms with van der Waals surface area (Å²) in [5.74, 6) is -1.18. The lowest BCUT2D eigenvalue weighted by Gasteiger charge is -2.26. The van der Waals surface area contributed by atoms with Gasteiger partial charge in [0.05, 0.1) is 0 Å². The van der Waals surface area contributed by atoms with Crippen LogP contribution in [-0.4, -0.2) is 46.4 Å². The molecular weight excluding hydrogens is 266 g/mol. The Hall–Kier alpha value is -2.38. The molecule has 0 unspecified atom stereocenters. The van der Waals surface area contributed by atoms with Crippen LogP contribution in [0.1, 0.15) is 29.8 Å². The number of esters is 1. The first-order valence-electron chi connectivity index (χ1n) is 6.35. The van der Waals surface area contributed by atoms with Crippen molar-refractivity contribution in [3.63, 3.8) is 0 Å². The summed E-state index contributed by atoms with van der Waals surface area (Å²) in [4.78, 5) is 51.2. The Labute approximate surface area is 113 Å². The van der Waals surface area contributed by atoms with Gasteiger partial charge >= 0.3 is 11.7 Å². The molecule has 20 heavy (non-hydrogen) atoms. The Bertz CT molecular complexity index is 584. The van der Waals surface area contributed by atoms with E-state index in [2.05, 4.69) is 4.98 Å². The van der Waals surface area contributed by atoms with E-state index in [0.717, 1.165) is 25.3 Å². The third-order valence-electron chi connectivity index (χ3n) is 3.02. The lowest BCUT2D eigenvalue weighted by Crippen LogP contribution is -2.38. The van der Waals surface area contributed by atoms with Gasteiger partial charge in [-0.15, -0.1) is 0 Å². The van der Waals surface area contributed by atoms with Crippen LogP contribution in [0.3, 0.4) is 0 Å². The van der Waals surface area contributed by atoms with Crippen molar-refractivity contribution in [2.24, 2.45) is 0 Å². The molecule has 1 aromatic heterocycles. The molecule has 2 heterocycles. The normalized spacial score (nSPS) is 14.9. The van der Waals surface area contributed by atoms with Gasteiger partial charge in [0.15, 0.2) is 6.61 Å². The Kier molecular flexibility index (Phi) is 4.34. The number of aromatic amines is 2. The zero-order chi connectivity index (χ0) is 14.5. The van der Waals surface area contributed by atoms with E-state index in [9.17, 15) is 19.2 Å². The molecule has 0 spiro atoms. The van der Waals surface area contributed by atoms with E-state index >= 15 is 0 Å². The number of ether oxygens (including phenoxy) is 1. The summed E-state index contributed by atoms with van der Waals surface area (Å²) in [6.07, 6.45) is 2.99. The number of carbonyl (C=O) groups is 2. The number of aromatic nitrogens is 2. The summed E-state index contributed by atoms with van der Waals surface area (Å²) in [5, 5.41) is 0. The molecule has 0 bridgehead atoms. The van der Waals surface area contributed by atoms with Crippen molar-refractivity contribution in [3.8, 4) is 0 Å². The molecule has 1 saturated heterocycles. The number of nitrogens with one attached hydrogen (secondary N) is 2. The van der Waals surface area contributed by atoms with Crippen LogP contribution < -0.4 is 11.2 Å². The first kappa shape index (κ1) is 14.0. The fourth-order valence-electron chi connectivity index (χ4n) is 2.02. The first-order chi connectivity index (χ1) is 9.56. The SMILES string of the molecule is O=C(OCC(=O)N1CCCCC1)c1cc(=O)[nH]c(=O)[nH]1. The van der Waals surface area contributed by atoms with Crippen molar-refractivity contribution in [3.05, 3.63) is 32.6 Å². The Morgan fingerprint density at radius 1 is 1.15 bits per heavy atom. The van der Waals surface area contributed by atoms with E-state index in [-0.39, 0.29) is 11.6 Å². The fraction of sp³-hybridized carbons (Fsp3) is 0.500. The number of rotatable bonds is 3. The van der Waals surface area contributed by atoms with E-state index in [4.69, 9.17) is 4.74 Å². The highest BCUT2D eigenvalue weighted by atomic mass is 16.5. The smallest absolute Gasteiger partial charge is 0.355 e. The van der Waals surface area contributed by atoms with Crippen molar-refractivity contribution in [1.82, 2.24) is 14.9 Å². The van der Waals surface area contributed by atoms with E-state index in [1.807, 2.05) is 4.98 Å². The van der Waals surface area contributed by atoms with Crippen molar-refractivity contribution < 1.29 is 14.3 Å². The van der Waals surface area contributed by atoms with Crippen LogP contribution in [0.15, 0.2) is 15.7 Å². The predicted molar refractivity (Wildman–Crippen MR) is 68.4 cm³/mol. The van der Waals surface area contributed by atoms with Crippen LogP contribution in [0, 0.1) is 0 Å². The van der Waals surface area contributed by atoms with Crippen molar-refractivity contribution in [2.45, 2.75) is 19.3 Å². The number of nitrogens with zero attached hydrogens (tertiary/aromatic N) is 1. The molecule has 0 atom stereocenters. The van der Waals surface area contributed by atoms with Gasteiger partial charge in [-0.2, -0.15) is 0 Å². The van der Waals surface area contributed by atoms with Crippen LogP contribution in [0.25, 0.3) is 0 Å². The summed E-state index contributed by atoms with van der Waals surface area (Å²) in [7, 11) is 0. The quantitative estimate of drug-likeness (QED) is 0.707. The molecule has 1 fully saturated rings. The molecule has 2 N–H and O–H groups in total. The zero-order valence-electron chi connectivity index (χ0n) is 10.8. The first-order valence-corrected chi connectivity index (χ1v) is 6.35. The molecule has 0 aliphatic carbocycles. The van der Waals surface area contributed by atoms with Crippen LogP contribution in [0.2, 0.25) is 0 Å². The second-order valence-corrected chi connectivity index (χ2v) is 4.52. The summed E-state index contributed by atoms with van der Waals surface area (Å²) >= 11 is 0. The zero-order valence-corrected chi connectivity index (χ0v) is 10.8. The van der Waals surface area contributed by atoms with Gasteiger partial charge in [0, 0.05) is 19.2 Å². The van der Waals surface area contributed by atoms with Gasteiger partial charge in [-0.25, -0.2) is 9.59 Å². The van der Waals surface area contributed by atoms with E-state index in [1.54, 1.807) is 4.90 Å². The number of H-pyrrole nitrogens is 2. The third-order valence-corrected chi connectivity index (χ3v) is 3.02. The maximum Gasteiger partial charge on any atom is 0.355 e. The number of likely N-dealkylation sites (tertiary alicyclic amines) is 1. The second kappa shape index (κ2) is 6.18. The van der Waals surface area contributed by atoms with Gasteiger partial charge in [0.1, 0.15) is 5.69 Å². The molecule has 1 amide bonds. The minimum Gasteiger partial charge on any atom is -0.451 e. The Morgan fingerprint density at radius 2 is 1.85 bits per heavy atom. The van der Waals surface area contributed by atoms with E-state index in [1.165, 1.54) is 0 Å². The molecule has 0 radical (unpaired) electrons. The molecule has 0 saturated carbocycles. The van der Waals surface area contributed by atoms with Gasteiger partial charge < -0.3 is 14.6 Å². The lowest BCUT2D eigenvalue weighted by atomic mass is 10.1. The van der Waals surface area contributed by atoms with Gasteiger partial charge in [-0.3, -0.25) is 14.6 Å². The highest BCUT2D eigenvalue weighted by molar-refractivity contribution is 5.89. The van der Waals surface area contributed by atoms with Crippen LogP contribution in [0.5, 0.6) is 0 Å². The third kappa shape index (κ3) is 3.56. The molecule has 1 aromatic rings. The second-order valence-electron chi connectivity index (χ2n) is 4.52. The molecule has 2 rings (SSSR count). The monoisotopic (exact) mass is 281 g/mol. The topological polar surface area (TPSA) is 112 Å². The largest absolute Gasteiger partial charge is 0.451 e. The molecule has 108 valence electrons. The van der Waals surface area contributed by atoms with Crippen molar-refractivity contribution >= 4 is 11.9 Å². The minimum absolute atomic E-state index is 0.273. The molecule has 1 aliphatic rings.